The molecule has 0 spiro atoms. The number of hydrogen-bond acceptors (Lipinski definition) is 2. The Morgan fingerprint density at radius 1 is 0.818 bits per heavy atom. The van der Waals surface area contributed by atoms with Gasteiger partial charge >= 0.3 is 0 Å². The minimum atomic E-state index is 0.190. The van der Waals surface area contributed by atoms with Crippen molar-refractivity contribution >= 4 is 38.7 Å². The summed E-state index contributed by atoms with van der Waals surface area (Å²) in [5.41, 5.74) is 0.849. The summed E-state index contributed by atoms with van der Waals surface area (Å²) in [5.74, 6) is 0.190. The van der Waals surface area contributed by atoms with Gasteiger partial charge in [0, 0.05) is 16.9 Å². The van der Waals surface area contributed by atoms with Crippen molar-refractivity contribution in [3.05, 3.63) is 82.6 Å². The Morgan fingerprint density at radius 3 is 2.05 bits per heavy atom. The molecule has 106 valence electrons. The Hall–Kier alpha value is -2.45. The molecule has 4 aromatic rings. The fourth-order valence-corrected chi connectivity index (χ4v) is 3.68. The third kappa shape index (κ3) is 2.22. The van der Waals surface area contributed by atoms with Crippen LogP contribution in [0.3, 0.4) is 0 Å². The Morgan fingerprint density at radius 2 is 1.45 bits per heavy atom. The van der Waals surface area contributed by atoms with E-state index in [0.717, 1.165) is 32.0 Å². The van der Waals surface area contributed by atoms with Crippen molar-refractivity contribution in [1.82, 2.24) is 0 Å². The first kappa shape index (κ1) is 13.2. The van der Waals surface area contributed by atoms with E-state index < -0.39 is 0 Å². The standard InChI is InChI=1S/C20H14OS/c21-19(13-16-8-5-11-22-16)20-17-9-3-1-6-14(17)12-15-7-2-4-10-18(15)20/h1-12H,13H2. The number of hydrogen-bond donors (Lipinski definition) is 0. The van der Waals surface area contributed by atoms with Crippen LogP contribution in [-0.2, 0) is 6.42 Å². The fraction of sp³-hybridized carbons (Fsp3) is 0.0500. The summed E-state index contributed by atoms with van der Waals surface area (Å²) in [4.78, 5) is 14.1. The molecule has 0 aliphatic carbocycles. The second kappa shape index (κ2) is 5.39. The van der Waals surface area contributed by atoms with E-state index in [1.54, 1.807) is 11.3 Å². The number of Topliss-reactive ketones (excluding diaryl/α,β-unsaturated/α-hetero) is 1. The average Bonchev–Trinajstić information content (AvgIpc) is 3.05. The van der Waals surface area contributed by atoms with E-state index in [2.05, 4.69) is 18.2 Å². The van der Waals surface area contributed by atoms with Crippen molar-refractivity contribution in [3.8, 4) is 0 Å². The number of carbonyl (C=O) groups is 1. The second-order valence-electron chi connectivity index (χ2n) is 5.37. The average molecular weight is 302 g/mol. The molecule has 3 aromatic carbocycles. The largest absolute Gasteiger partial charge is 0.294 e. The van der Waals surface area contributed by atoms with Crippen LogP contribution in [-0.4, -0.2) is 5.78 Å². The summed E-state index contributed by atoms with van der Waals surface area (Å²) in [6.45, 7) is 0. The number of rotatable bonds is 3. The van der Waals surface area contributed by atoms with Gasteiger partial charge in [0.25, 0.3) is 0 Å². The van der Waals surface area contributed by atoms with Gasteiger partial charge in [-0.1, -0.05) is 54.6 Å². The zero-order valence-electron chi connectivity index (χ0n) is 12.0. The monoisotopic (exact) mass is 302 g/mol. The number of fused-ring (bicyclic) bond motifs is 2. The van der Waals surface area contributed by atoms with Gasteiger partial charge in [-0.05, 0) is 39.1 Å². The normalized spacial score (nSPS) is 11.1. The molecule has 0 amide bonds. The number of carbonyl (C=O) groups excluding carboxylic acids is 1. The Balaban J connectivity index is 1.97. The van der Waals surface area contributed by atoms with Crippen LogP contribution < -0.4 is 0 Å². The first-order valence-corrected chi connectivity index (χ1v) is 8.17. The molecule has 0 bridgehead atoms. The smallest absolute Gasteiger partial charge is 0.169 e. The molecular weight excluding hydrogens is 288 g/mol. The minimum Gasteiger partial charge on any atom is -0.294 e. The molecule has 0 atom stereocenters. The molecule has 1 aromatic heterocycles. The van der Waals surface area contributed by atoms with E-state index in [0.29, 0.717) is 6.42 Å². The highest BCUT2D eigenvalue weighted by Crippen LogP contribution is 2.29. The van der Waals surface area contributed by atoms with Crippen molar-refractivity contribution in [2.45, 2.75) is 6.42 Å². The highest BCUT2D eigenvalue weighted by atomic mass is 32.1. The predicted octanol–water partition coefficient (Wildman–Crippen LogP) is 5.48. The fourth-order valence-electron chi connectivity index (χ4n) is 2.97. The van der Waals surface area contributed by atoms with E-state index in [9.17, 15) is 4.79 Å². The lowest BCUT2D eigenvalue weighted by atomic mass is 9.93. The number of thiophene rings is 1. The predicted molar refractivity (Wildman–Crippen MR) is 93.8 cm³/mol. The summed E-state index contributed by atoms with van der Waals surface area (Å²) in [6, 6.07) is 22.4. The van der Waals surface area contributed by atoms with Crippen molar-refractivity contribution < 1.29 is 4.79 Å². The maximum atomic E-state index is 12.9. The highest BCUT2D eigenvalue weighted by Gasteiger charge is 2.15. The molecule has 0 saturated heterocycles. The summed E-state index contributed by atoms with van der Waals surface area (Å²) in [5, 5.41) is 6.35. The van der Waals surface area contributed by atoms with E-state index in [1.165, 1.54) is 0 Å². The van der Waals surface area contributed by atoms with Gasteiger partial charge in [0.15, 0.2) is 5.78 Å². The van der Waals surface area contributed by atoms with Gasteiger partial charge in [-0.25, -0.2) is 0 Å². The molecule has 2 heteroatoms. The molecule has 0 saturated carbocycles. The lowest BCUT2D eigenvalue weighted by Crippen LogP contribution is -2.04. The van der Waals surface area contributed by atoms with Gasteiger partial charge in [0.2, 0.25) is 0 Å². The van der Waals surface area contributed by atoms with Crippen molar-refractivity contribution in [3.63, 3.8) is 0 Å². The Labute approximate surface area is 132 Å². The maximum absolute atomic E-state index is 12.9. The van der Waals surface area contributed by atoms with E-state index in [-0.39, 0.29) is 5.78 Å². The summed E-state index contributed by atoms with van der Waals surface area (Å²) in [6.07, 6.45) is 0.468. The Bertz CT molecular complexity index is 914. The molecule has 0 fully saturated rings. The first-order valence-electron chi connectivity index (χ1n) is 7.29. The van der Waals surface area contributed by atoms with Gasteiger partial charge in [-0.15, -0.1) is 11.3 Å². The molecule has 0 aliphatic heterocycles. The highest BCUT2D eigenvalue weighted by molar-refractivity contribution is 7.10. The van der Waals surface area contributed by atoms with E-state index in [4.69, 9.17) is 0 Å². The van der Waals surface area contributed by atoms with Crippen LogP contribution in [0.2, 0.25) is 0 Å². The molecule has 0 unspecified atom stereocenters. The summed E-state index contributed by atoms with van der Waals surface area (Å²) >= 11 is 1.64. The summed E-state index contributed by atoms with van der Waals surface area (Å²) < 4.78 is 0. The third-order valence-electron chi connectivity index (χ3n) is 3.96. The molecule has 0 N–H and O–H groups in total. The van der Waals surface area contributed by atoms with Gasteiger partial charge in [-0.3, -0.25) is 4.79 Å². The van der Waals surface area contributed by atoms with Crippen LogP contribution in [0.5, 0.6) is 0 Å². The van der Waals surface area contributed by atoms with Gasteiger partial charge in [0.05, 0.1) is 0 Å². The molecule has 1 nitrogen and oxygen atoms in total. The topological polar surface area (TPSA) is 17.1 Å². The first-order chi connectivity index (χ1) is 10.8. The number of ketones is 1. The van der Waals surface area contributed by atoms with Crippen molar-refractivity contribution in [1.29, 1.82) is 0 Å². The van der Waals surface area contributed by atoms with Crippen LogP contribution in [0.1, 0.15) is 15.2 Å². The zero-order chi connectivity index (χ0) is 14.9. The lowest BCUT2D eigenvalue weighted by molar-refractivity contribution is 0.0997. The van der Waals surface area contributed by atoms with Crippen LogP contribution in [0.25, 0.3) is 21.5 Å². The van der Waals surface area contributed by atoms with E-state index >= 15 is 0 Å². The lowest BCUT2D eigenvalue weighted by Gasteiger charge is -2.10. The minimum absolute atomic E-state index is 0.190. The van der Waals surface area contributed by atoms with Gasteiger partial charge < -0.3 is 0 Å². The van der Waals surface area contributed by atoms with Crippen LogP contribution in [0.4, 0.5) is 0 Å². The van der Waals surface area contributed by atoms with Gasteiger partial charge in [0.1, 0.15) is 0 Å². The molecule has 22 heavy (non-hydrogen) atoms. The SMILES string of the molecule is O=C(Cc1cccs1)c1c2ccccc2cc2ccccc12. The quantitative estimate of drug-likeness (QED) is 0.362. The van der Waals surface area contributed by atoms with Crippen molar-refractivity contribution in [2.75, 3.05) is 0 Å². The van der Waals surface area contributed by atoms with Crippen LogP contribution in [0, 0.1) is 0 Å². The van der Waals surface area contributed by atoms with Crippen molar-refractivity contribution in [2.24, 2.45) is 0 Å². The third-order valence-corrected chi connectivity index (χ3v) is 4.84. The maximum Gasteiger partial charge on any atom is 0.169 e. The molecular formula is C20H14OS. The van der Waals surface area contributed by atoms with Crippen LogP contribution >= 0.6 is 11.3 Å². The van der Waals surface area contributed by atoms with Gasteiger partial charge in [-0.2, -0.15) is 0 Å². The Kier molecular flexibility index (Phi) is 3.24. The van der Waals surface area contributed by atoms with E-state index in [1.807, 2.05) is 53.9 Å². The number of benzene rings is 3. The molecule has 4 rings (SSSR count). The molecule has 1 heterocycles. The summed E-state index contributed by atoms with van der Waals surface area (Å²) in [7, 11) is 0. The molecule has 0 radical (unpaired) electrons. The molecule has 0 aliphatic rings. The second-order valence-corrected chi connectivity index (χ2v) is 6.41. The zero-order valence-corrected chi connectivity index (χ0v) is 12.8. The van der Waals surface area contributed by atoms with Crippen LogP contribution in [0.15, 0.2) is 72.1 Å².